The van der Waals surface area contributed by atoms with Crippen molar-refractivity contribution in [2.45, 2.75) is 37.5 Å². The van der Waals surface area contributed by atoms with Gasteiger partial charge in [-0.3, -0.25) is 4.79 Å². The molecule has 0 atom stereocenters. The number of nitrogens with zero attached hydrogens (tertiary/aromatic N) is 2. The number of nitrogens with one attached hydrogen (secondary N) is 1. The number of rotatable bonds is 4. The lowest BCUT2D eigenvalue weighted by molar-refractivity contribution is -0.141. The van der Waals surface area contributed by atoms with Gasteiger partial charge in [0.25, 0.3) is 0 Å². The molecule has 2 rings (SSSR count). The second-order valence-electron chi connectivity index (χ2n) is 6.63. The van der Waals surface area contributed by atoms with Gasteiger partial charge in [-0.1, -0.05) is 55.7 Å². The molecule has 0 aliphatic rings. The van der Waals surface area contributed by atoms with Crippen LogP contribution in [0.4, 0.5) is 18.9 Å². The first-order valence-corrected chi connectivity index (χ1v) is 9.45. The molecule has 0 saturated carbocycles. The summed E-state index contributed by atoms with van der Waals surface area (Å²) in [6, 6.07) is 5.49. The van der Waals surface area contributed by atoms with Crippen molar-refractivity contribution in [2.24, 2.45) is 0 Å². The van der Waals surface area contributed by atoms with Crippen molar-refractivity contribution in [1.29, 1.82) is 0 Å². The molecule has 1 aromatic heterocycles. The number of amides is 1. The minimum absolute atomic E-state index is 0.118. The van der Waals surface area contributed by atoms with Gasteiger partial charge in [-0.25, -0.2) is 9.97 Å². The van der Waals surface area contributed by atoms with E-state index in [1.54, 1.807) is 26.8 Å². The van der Waals surface area contributed by atoms with Crippen molar-refractivity contribution in [3.63, 3.8) is 0 Å². The summed E-state index contributed by atoms with van der Waals surface area (Å²) in [6.07, 6.45) is -4.60. The lowest BCUT2D eigenvalue weighted by Gasteiger charge is -2.19. The van der Waals surface area contributed by atoms with Crippen LogP contribution >= 0.6 is 35.0 Å². The van der Waals surface area contributed by atoms with Crippen LogP contribution in [0.5, 0.6) is 0 Å². The van der Waals surface area contributed by atoms with E-state index >= 15 is 0 Å². The van der Waals surface area contributed by atoms with Gasteiger partial charge in [0.05, 0.1) is 22.2 Å². The van der Waals surface area contributed by atoms with Gasteiger partial charge in [-0.15, -0.1) is 0 Å². The molecule has 0 saturated heterocycles. The first-order valence-electron chi connectivity index (χ1n) is 7.71. The summed E-state index contributed by atoms with van der Waals surface area (Å²) in [5.41, 5.74) is -1.04. The van der Waals surface area contributed by atoms with E-state index in [-0.39, 0.29) is 21.6 Å². The first-order chi connectivity index (χ1) is 12.4. The SMILES string of the molecule is CC(C)(C)c1cc(C(F)(F)F)nc(SCC(=O)Nc2ccc(Cl)cc2Cl)n1. The minimum atomic E-state index is -4.60. The van der Waals surface area contributed by atoms with Crippen LogP contribution in [0.3, 0.4) is 0 Å². The molecule has 0 aliphatic heterocycles. The van der Waals surface area contributed by atoms with Crippen molar-refractivity contribution >= 4 is 46.6 Å². The van der Waals surface area contributed by atoms with Crippen molar-refractivity contribution in [3.8, 4) is 0 Å². The van der Waals surface area contributed by atoms with Crippen LogP contribution in [0, 0.1) is 0 Å². The number of thioether (sulfide) groups is 1. The number of carbonyl (C=O) groups is 1. The fraction of sp³-hybridized carbons (Fsp3) is 0.353. The Kier molecular flexibility index (Phi) is 6.65. The monoisotopic (exact) mass is 437 g/mol. The van der Waals surface area contributed by atoms with Crippen LogP contribution in [0.15, 0.2) is 29.4 Å². The molecule has 27 heavy (non-hydrogen) atoms. The number of halogens is 5. The van der Waals surface area contributed by atoms with Crippen LogP contribution < -0.4 is 5.32 Å². The summed E-state index contributed by atoms with van der Waals surface area (Å²) >= 11 is 12.6. The molecular weight excluding hydrogens is 422 g/mol. The summed E-state index contributed by atoms with van der Waals surface area (Å²) in [5, 5.41) is 3.12. The Bertz CT molecular complexity index is 822. The van der Waals surface area contributed by atoms with Gasteiger partial charge in [-0.2, -0.15) is 13.2 Å². The predicted molar refractivity (Wildman–Crippen MR) is 102 cm³/mol. The number of benzene rings is 1. The standard InChI is InChI=1S/C17H16Cl2F3N3OS/c1-16(2,3)12-7-13(17(20,21)22)25-15(24-12)27-8-14(26)23-11-5-4-9(18)6-10(11)19/h4-7H,8H2,1-3H3,(H,23,26). The number of aromatic nitrogens is 2. The molecular formula is C17H16Cl2F3N3OS. The van der Waals surface area contributed by atoms with Crippen molar-refractivity contribution in [2.75, 3.05) is 11.1 Å². The summed E-state index contributed by atoms with van der Waals surface area (Å²) in [5.74, 6) is -0.633. The topological polar surface area (TPSA) is 54.9 Å². The molecule has 1 heterocycles. The van der Waals surface area contributed by atoms with E-state index in [9.17, 15) is 18.0 Å². The Hall–Kier alpha value is -1.51. The number of hydrogen-bond donors (Lipinski definition) is 1. The zero-order valence-electron chi connectivity index (χ0n) is 14.6. The molecule has 4 nitrogen and oxygen atoms in total. The van der Waals surface area contributed by atoms with Crippen LogP contribution in [-0.2, 0) is 16.4 Å². The van der Waals surface area contributed by atoms with Crippen molar-refractivity contribution in [1.82, 2.24) is 9.97 Å². The fourth-order valence-electron chi connectivity index (χ4n) is 1.93. The van der Waals surface area contributed by atoms with Gasteiger partial charge < -0.3 is 5.32 Å². The minimum Gasteiger partial charge on any atom is -0.324 e. The van der Waals surface area contributed by atoms with E-state index in [4.69, 9.17) is 23.2 Å². The highest BCUT2D eigenvalue weighted by molar-refractivity contribution is 7.99. The molecule has 1 amide bonds. The molecule has 0 spiro atoms. The second kappa shape index (κ2) is 8.24. The molecule has 1 N–H and O–H groups in total. The van der Waals surface area contributed by atoms with Crippen LogP contribution in [0.25, 0.3) is 0 Å². The van der Waals surface area contributed by atoms with E-state index in [2.05, 4.69) is 15.3 Å². The highest BCUT2D eigenvalue weighted by Gasteiger charge is 2.35. The van der Waals surface area contributed by atoms with Gasteiger partial charge >= 0.3 is 6.18 Å². The number of carbonyl (C=O) groups excluding carboxylic acids is 1. The molecule has 10 heteroatoms. The quantitative estimate of drug-likeness (QED) is 0.482. The molecule has 0 bridgehead atoms. The van der Waals surface area contributed by atoms with E-state index < -0.39 is 23.2 Å². The number of alkyl halides is 3. The smallest absolute Gasteiger partial charge is 0.324 e. The van der Waals surface area contributed by atoms with E-state index in [1.165, 1.54) is 12.1 Å². The zero-order valence-corrected chi connectivity index (χ0v) is 16.9. The van der Waals surface area contributed by atoms with Gasteiger partial charge in [0, 0.05) is 10.4 Å². The Labute approximate surface area is 168 Å². The first kappa shape index (κ1) is 21.8. The average molecular weight is 438 g/mol. The maximum atomic E-state index is 13.1. The summed E-state index contributed by atoms with van der Waals surface area (Å²) < 4.78 is 39.3. The van der Waals surface area contributed by atoms with Gasteiger partial charge in [0.2, 0.25) is 5.91 Å². The van der Waals surface area contributed by atoms with Crippen LogP contribution in [0.2, 0.25) is 10.0 Å². The Morgan fingerprint density at radius 3 is 2.30 bits per heavy atom. The Balaban J connectivity index is 2.15. The van der Waals surface area contributed by atoms with Crippen LogP contribution in [0.1, 0.15) is 32.2 Å². The second-order valence-corrected chi connectivity index (χ2v) is 8.42. The van der Waals surface area contributed by atoms with Gasteiger partial charge in [0.1, 0.15) is 5.69 Å². The maximum absolute atomic E-state index is 13.1. The molecule has 0 unspecified atom stereocenters. The van der Waals surface area contributed by atoms with Crippen molar-refractivity contribution < 1.29 is 18.0 Å². The van der Waals surface area contributed by atoms with E-state index in [1.807, 2.05) is 0 Å². The van der Waals surface area contributed by atoms with E-state index in [0.717, 1.165) is 17.8 Å². The maximum Gasteiger partial charge on any atom is 0.433 e. The highest BCUT2D eigenvalue weighted by Crippen LogP contribution is 2.32. The summed E-state index contributed by atoms with van der Waals surface area (Å²) in [6.45, 7) is 5.25. The third kappa shape index (κ3) is 6.26. The Morgan fingerprint density at radius 1 is 1.11 bits per heavy atom. The van der Waals surface area contributed by atoms with Gasteiger partial charge in [-0.05, 0) is 24.3 Å². The van der Waals surface area contributed by atoms with Gasteiger partial charge in [0.15, 0.2) is 5.16 Å². The number of hydrogen-bond acceptors (Lipinski definition) is 4. The zero-order chi connectivity index (χ0) is 20.4. The fourth-order valence-corrected chi connectivity index (χ4v) is 3.04. The van der Waals surface area contributed by atoms with Crippen molar-refractivity contribution in [3.05, 3.63) is 45.7 Å². The third-order valence-electron chi connectivity index (χ3n) is 3.30. The van der Waals surface area contributed by atoms with E-state index in [0.29, 0.717) is 10.7 Å². The summed E-state index contributed by atoms with van der Waals surface area (Å²) in [4.78, 5) is 19.8. The average Bonchev–Trinajstić information content (AvgIpc) is 2.54. The molecule has 146 valence electrons. The highest BCUT2D eigenvalue weighted by atomic mass is 35.5. The Morgan fingerprint density at radius 2 is 1.74 bits per heavy atom. The summed E-state index contributed by atoms with van der Waals surface area (Å²) in [7, 11) is 0. The normalized spacial score (nSPS) is 12.1. The molecule has 2 aromatic rings. The lowest BCUT2D eigenvalue weighted by atomic mass is 9.91. The molecule has 0 fully saturated rings. The number of anilines is 1. The molecule has 0 aliphatic carbocycles. The third-order valence-corrected chi connectivity index (χ3v) is 4.70. The molecule has 0 radical (unpaired) electrons. The predicted octanol–water partition coefficient (Wildman–Crippen LogP) is 5.83. The molecule has 1 aromatic carbocycles. The van der Waals surface area contributed by atoms with Crippen LogP contribution in [-0.4, -0.2) is 21.6 Å². The lowest BCUT2D eigenvalue weighted by Crippen LogP contribution is -2.19. The largest absolute Gasteiger partial charge is 0.433 e.